The summed E-state index contributed by atoms with van der Waals surface area (Å²) in [5.41, 5.74) is 4.08. The second kappa shape index (κ2) is 5.11. The number of amides is 1. The molecule has 0 N–H and O–H groups in total. The SMILES string of the molecule is Cc1cc(C)n(C2CN(C(=O)c3ccc4c(c3)C[C@H](C)O4)C2)n1. The van der Waals surface area contributed by atoms with Gasteiger partial charge in [0.1, 0.15) is 11.9 Å². The zero-order chi connectivity index (χ0) is 16.1. The summed E-state index contributed by atoms with van der Waals surface area (Å²) in [6.07, 6.45) is 1.08. The lowest BCUT2D eigenvalue weighted by molar-refractivity contribution is 0.0497. The van der Waals surface area contributed by atoms with E-state index < -0.39 is 0 Å². The Bertz CT molecular complexity index is 775. The monoisotopic (exact) mass is 311 g/mol. The lowest BCUT2D eigenvalue weighted by atomic mass is 10.0. The Morgan fingerprint density at radius 1 is 1.26 bits per heavy atom. The molecular formula is C18H21N3O2. The first kappa shape index (κ1) is 14.3. The van der Waals surface area contributed by atoms with Crippen molar-refractivity contribution in [1.29, 1.82) is 0 Å². The molecule has 0 unspecified atom stereocenters. The molecule has 2 aliphatic rings. The zero-order valence-corrected chi connectivity index (χ0v) is 13.7. The van der Waals surface area contributed by atoms with Crippen LogP contribution in [0.5, 0.6) is 5.75 Å². The van der Waals surface area contributed by atoms with Crippen LogP contribution in [0.4, 0.5) is 0 Å². The minimum absolute atomic E-state index is 0.102. The standard InChI is InChI=1S/C18H21N3O2/c1-11-6-12(2)21(19-11)16-9-20(10-16)18(22)14-4-5-17-15(8-14)7-13(3)23-17/h4-6,8,13,16H,7,9-10H2,1-3H3/t13-/m0/s1. The number of rotatable bonds is 2. The molecule has 3 heterocycles. The van der Waals surface area contributed by atoms with Crippen molar-refractivity contribution in [3.63, 3.8) is 0 Å². The van der Waals surface area contributed by atoms with Gasteiger partial charge in [-0.05, 0) is 50.6 Å². The van der Waals surface area contributed by atoms with Crippen LogP contribution in [0.15, 0.2) is 24.3 Å². The van der Waals surface area contributed by atoms with Gasteiger partial charge in [0.2, 0.25) is 0 Å². The number of hydrogen-bond acceptors (Lipinski definition) is 3. The van der Waals surface area contributed by atoms with Gasteiger partial charge in [-0.1, -0.05) is 0 Å². The molecule has 2 aliphatic heterocycles. The molecule has 120 valence electrons. The van der Waals surface area contributed by atoms with Crippen LogP contribution in [0.1, 0.15) is 40.3 Å². The van der Waals surface area contributed by atoms with E-state index in [0.29, 0.717) is 6.04 Å². The Labute approximate surface area is 135 Å². The maximum absolute atomic E-state index is 12.6. The van der Waals surface area contributed by atoms with Gasteiger partial charge in [0.15, 0.2) is 0 Å². The maximum atomic E-state index is 12.6. The second-order valence-electron chi connectivity index (χ2n) is 6.69. The van der Waals surface area contributed by atoms with Gasteiger partial charge < -0.3 is 9.64 Å². The fourth-order valence-corrected chi connectivity index (χ4v) is 3.53. The Balaban J connectivity index is 1.46. The van der Waals surface area contributed by atoms with E-state index in [4.69, 9.17) is 4.74 Å². The first-order valence-electron chi connectivity index (χ1n) is 8.13. The molecule has 0 bridgehead atoms. The van der Waals surface area contributed by atoms with Gasteiger partial charge in [-0.2, -0.15) is 5.10 Å². The average Bonchev–Trinajstić information content (AvgIpc) is 2.97. The topological polar surface area (TPSA) is 47.4 Å². The van der Waals surface area contributed by atoms with Crippen molar-refractivity contribution in [2.45, 2.75) is 39.3 Å². The van der Waals surface area contributed by atoms with Crippen LogP contribution in [0.3, 0.4) is 0 Å². The van der Waals surface area contributed by atoms with Crippen LogP contribution in [0.25, 0.3) is 0 Å². The van der Waals surface area contributed by atoms with Gasteiger partial charge in [0, 0.05) is 30.8 Å². The third kappa shape index (κ3) is 2.40. The largest absolute Gasteiger partial charge is 0.490 e. The van der Waals surface area contributed by atoms with Crippen molar-refractivity contribution in [2.75, 3.05) is 13.1 Å². The lowest BCUT2D eigenvalue weighted by Crippen LogP contribution is -2.51. The highest BCUT2D eigenvalue weighted by atomic mass is 16.5. The average molecular weight is 311 g/mol. The van der Waals surface area contributed by atoms with E-state index >= 15 is 0 Å². The van der Waals surface area contributed by atoms with Gasteiger partial charge in [0.05, 0.1) is 11.7 Å². The smallest absolute Gasteiger partial charge is 0.254 e. The summed E-state index contributed by atoms with van der Waals surface area (Å²) in [4.78, 5) is 14.5. The van der Waals surface area contributed by atoms with E-state index in [0.717, 1.165) is 47.8 Å². The van der Waals surface area contributed by atoms with E-state index in [1.165, 1.54) is 0 Å². The van der Waals surface area contributed by atoms with Gasteiger partial charge in [-0.15, -0.1) is 0 Å². The Morgan fingerprint density at radius 2 is 2.04 bits per heavy atom. The molecule has 1 amide bonds. The van der Waals surface area contributed by atoms with Crippen molar-refractivity contribution in [3.05, 3.63) is 46.8 Å². The zero-order valence-electron chi connectivity index (χ0n) is 13.7. The molecule has 5 heteroatoms. The Morgan fingerprint density at radius 3 is 2.74 bits per heavy atom. The molecule has 0 aliphatic carbocycles. The lowest BCUT2D eigenvalue weighted by Gasteiger charge is -2.39. The third-order valence-corrected chi connectivity index (χ3v) is 4.68. The van der Waals surface area contributed by atoms with Crippen molar-refractivity contribution in [1.82, 2.24) is 14.7 Å². The number of aromatic nitrogens is 2. The minimum Gasteiger partial charge on any atom is -0.490 e. The summed E-state index contributed by atoms with van der Waals surface area (Å²) >= 11 is 0. The molecule has 2 aromatic rings. The van der Waals surface area contributed by atoms with Crippen LogP contribution in [-0.2, 0) is 6.42 Å². The van der Waals surface area contributed by atoms with Crippen LogP contribution < -0.4 is 4.74 Å². The van der Waals surface area contributed by atoms with E-state index in [9.17, 15) is 4.79 Å². The number of fused-ring (bicyclic) bond motifs is 1. The molecule has 23 heavy (non-hydrogen) atoms. The van der Waals surface area contributed by atoms with Gasteiger partial charge in [0.25, 0.3) is 5.91 Å². The summed E-state index contributed by atoms with van der Waals surface area (Å²) < 4.78 is 7.74. The normalized spacial score (nSPS) is 20.1. The molecule has 1 atom stereocenters. The molecule has 1 aromatic heterocycles. The van der Waals surface area contributed by atoms with Gasteiger partial charge in [-0.25, -0.2) is 0 Å². The van der Waals surface area contributed by atoms with E-state index in [1.54, 1.807) is 0 Å². The predicted octanol–water partition coefficient (Wildman–Crippen LogP) is 2.52. The molecule has 0 radical (unpaired) electrons. The molecule has 1 aromatic carbocycles. The minimum atomic E-state index is 0.102. The first-order valence-corrected chi connectivity index (χ1v) is 8.13. The molecule has 0 spiro atoms. The molecule has 5 nitrogen and oxygen atoms in total. The highest BCUT2D eigenvalue weighted by molar-refractivity contribution is 5.95. The predicted molar refractivity (Wildman–Crippen MR) is 86.9 cm³/mol. The molecule has 1 fully saturated rings. The van der Waals surface area contributed by atoms with Crippen molar-refractivity contribution in [3.8, 4) is 5.75 Å². The Kier molecular flexibility index (Phi) is 3.18. The van der Waals surface area contributed by atoms with Crippen LogP contribution in [-0.4, -0.2) is 39.8 Å². The molecule has 0 saturated carbocycles. The van der Waals surface area contributed by atoms with Crippen molar-refractivity contribution < 1.29 is 9.53 Å². The van der Waals surface area contributed by atoms with E-state index in [1.807, 2.05) is 34.7 Å². The maximum Gasteiger partial charge on any atom is 0.254 e. The van der Waals surface area contributed by atoms with Crippen LogP contribution >= 0.6 is 0 Å². The number of nitrogens with zero attached hydrogens (tertiary/aromatic N) is 3. The number of carbonyl (C=O) groups is 1. The summed E-state index contributed by atoms with van der Waals surface area (Å²) in [6, 6.07) is 8.15. The molecular weight excluding hydrogens is 290 g/mol. The summed E-state index contributed by atoms with van der Waals surface area (Å²) in [7, 11) is 0. The quantitative estimate of drug-likeness (QED) is 0.856. The highest BCUT2D eigenvalue weighted by Crippen LogP contribution is 2.31. The number of likely N-dealkylation sites (tertiary alicyclic amines) is 1. The fraction of sp³-hybridized carbons (Fsp3) is 0.444. The summed E-state index contributed by atoms with van der Waals surface area (Å²) in [5, 5.41) is 4.52. The number of carbonyl (C=O) groups excluding carboxylic acids is 1. The molecule has 4 rings (SSSR count). The molecule has 1 saturated heterocycles. The number of aryl methyl sites for hydroxylation is 2. The van der Waals surface area contributed by atoms with Crippen LogP contribution in [0.2, 0.25) is 0 Å². The van der Waals surface area contributed by atoms with Crippen LogP contribution in [0, 0.1) is 13.8 Å². The van der Waals surface area contributed by atoms with E-state index in [2.05, 4.69) is 25.0 Å². The highest BCUT2D eigenvalue weighted by Gasteiger charge is 2.34. The van der Waals surface area contributed by atoms with Crippen molar-refractivity contribution >= 4 is 5.91 Å². The third-order valence-electron chi connectivity index (χ3n) is 4.68. The van der Waals surface area contributed by atoms with E-state index in [-0.39, 0.29) is 12.0 Å². The van der Waals surface area contributed by atoms with Gasteiger partial charge in [-0.3, -0.25) is 9.48 Å². The van der Waals surface area contributed by atoms with Gasteiger partial charge >= 0.3 is 0 Å². The number of hydrogen-bond donors (Lipinski definition) is 0. The van der Waals surface area contributed by atoms with Crippen molar-refractivity contribution in [2.24, 2.45) is 0 Å². The fourth-order valence-electron chi connectivity index (χ4n) is 3.53. The summed E-state index contributed by atoms with van der Waals surface area (Å²) in [6.45, 7) is 7.57. The number of benzene rings is 1. The number of ether oxygens (including phenoxy) is 1. The summed E-state index contributed by atoms with van der Waals surface area (Å²) in [5.74, 6) is 1.02. The second-order valence-corrected chi connectivity index (χ2v) is 6.69. The first-order chi connectivity index (χ1) is 11.0. The Hall–Kier alpha value is -2.30.